The van der Waals surface area contributed by atoms with Crippen LogP contribution >= 0.6 is 0 Å². The average molecular weight is 384 g/mol. The van der Waals surface area contributed by atoms with Crippen LogP contribution in [0.15, 0.2) is 54.9 Å². The van der Waals surface area contributed by atoms with Crippen molar-refractivity contribution in [3.8, 4) is 0 Å². The van der Waals surface area contributed by atoms with Gasteiger partial charge in [-0.15, -0.1) is 0 Å². The van der Waals surface area contributed by atoms with E-state index in [9.17, 15) is 22.8 Å². The largest absolute Gasteiger partial charge is 0.342 e. The molecular weight excluding hydrogens is 369 g/mol. The quantitative estimate of drug-likeness (QED) is 0.379. The number of hydrogen-bond acceptors (Lipinski definition) is 3. The molecule has 0 aliphatic rings. The van der Waals surface area contributed by atoms with Gasteiger partial charge in [0.25, 0.3) is 0 Å². The number of ketones is 2. The number of H-pyrrole nitrogens is 1. The van der Waals surface area contributed by atoms with Gasteiger partial charge in [0.2, 0.25) is 5.78 Å². The number of allylic oxidation sites excluding steroid dienone is 1. The molecule has 0 amide bonds. The van der Waals surface area contributed by atoms with Crippen molar-refractivity contribution in [2.75, 3.05) is 0 Å². The van der Waals surface area contributed by atoms with Crippen LogP contribution in [0, 0.1) is 17.5 Å². The Balaban J connectivity index is 1.59. The summed E-state index contributed by atoms with van der Waals surface area (Å²) in [7, 11) is 0. The van der Waals surface area contributed by atoms with Gasteiger partial charge < -0.3 is 4.98 Å². The van der Waals surface area contributed by atoms with Gasteiger partial charge in [0, 0.05) is 25.2 Å². The molecule has 3 rings (SSSR count). The molecule has 0 atom stereocenters. The van der Waals surface area contributed by atoms with Gasteiger partial charge in [0.05, 0.1) is 0 Å². The fraction of sp³-hybridized carbons (Fsp3) is 0.0952. The minimum atomic E-state index is -1.55. The zero-order chi connectivity index (χ0) is 20.1. The number of nitrogens with zero attached hydrogens (tertiary/aromatic N) is 1. The maximum atomic E-state index is 13.2. The van der Waals surface area contributed by atoms with Crippen molar-refractivity contribution in [2.24, 2.45) is 0 Å². The van der Waals surface area contributed by atoms with Gasteiger partial charge in [-0.3, -0.25) is 9.59 Å². The SMILES string of the molecule is O=C(Cc1ccc(/C=C/C(=O)c2ncc[nH]2)cc1)Cc1cc(F)c(F)c(F)c1. The third kappa shape index (κ3) is 4.82. The highest BCUT2D eigenvalue weighted by molar-refractivity contribution is 6.04. The zero-order valence-electron chi connectivity index (χ0n) is 14.6. The number of carbonyl (C=O) groups excluding carboxylic acids is 2. The van der Waals surface area contributed by atoms with Gasteiger partial charge in [-0.05, 0) is 34.9 Å². The molecule has 0 saturated carbocycles. The minimum absolute atomic E-state index is 0.0654. The molecule has 0 fully saturated rings. The first-order valence-corrected chi connectivity index (χ1v) is 8.38. The predicted octanol–water partition coefficient (Wildman–Crippen LogP) is 4.08. The highest BCUT2D eigenvalue weighted by Gasteiger charge is 2.13. The Morgan fingerprint density at radius 3 is 2.21 bits per heavy atom. The van der Waals surface area contributed by atoms with E-state index in [1.165, 1.54) is 12.3 Å². The normalized spacial score (nSPS) is 11.1. The number of hydrogen-bond donors (Lipinski definition) is 1. The Morgan fingerprint density at radius 1 is 0.964 bits per heavy atom. The first kappa shape index (κ1) is 19.3. The summed E-state index contributed by atoms with van der Waals surface area (Å²) in [5.74, 6) is -4.46. The van der Waals surface area contributed by atoms with E-state index in [2.05, 4.69) is 9.97 Å². The van der Waals surface area contributed by atoms with E-state index in [4.69, 9.17) is 0 Å². The molecule has 0 bridgehead atoms. The fourth-order valence-electron chi connectivity index (χ4n) is 2.63. The molecule has 1 N–H and O–H groups in total. The lowest BCUT2D eigenvalue weighted by Gasteiger charge is -2.04. The van der Waals surface area contributed by atoms with E-state index in [1.54, 1.807) is 36.5 Å². The number of aromatic amines is 1. The molecule has 1 aromatic heterocycles. The number of aromatic nitrogens is 2. The maximum Gasteiger partial charge on any atom is 0.221 e. The number of rotatable bonds is 7. The number of nitrogens with one attached hydrogen (secondary N) is 1. The summed E-state index contributed by atoms with van der Waals surface area (Å²) in [6, 6.07) is 8.57. The number of carbonyl (C=O) groups is 2. The van der Waals surface area contributed by atoms with Crippen LogP contribution < -0.4 is 0 Å². The molecule has 0 saturated heterocycles. The molecule has 7 heteroatoms. The lowest BCUT2D eigenvalue weighted by molar-refractivity contribution is -0.117. The smallest absolute Gasteiger partial charge is 0.221 e. The summed E-state index contributed by atoms with van der Waals surface area (Å²) >= 11 is 0. The van der Waals surface area contributed by atoms with Crippen molar-refractivity contribution in [3.63, 3.8) is 0 Å². The summed E-state index contributed by atoms with van der Waals surface area (Å²) < 4.78 is 39.4. The van der Waals surface area contributed by atoms with Gasteiger partial charge in [-0.1, -0.05) is 30.3 Å². The Hall–Kier alpha value is -3.48. The standard InChI is InChI=1S/C21H15F3N2O2/c22-17-11-15(12-18(23)20(17)24)10-16(27)9-14-3-1-13(2-4-14)5-6-19(28)21-25-7-8-26-21/h1-8,11-12H,9-10H2,(H,25,26)/b6-5+. The molecule has 4 nitrogen and oxygen atoms in total. The van der Waals surface area contributed by atoms with Gasteiger partial charge in [-0.25, -0.2) is 18.2 Å². The number of halogens is 3. The number of Topliss-reactive ketones (excluding diaryl/α,β-unsaturated/α-hetero) is 1. The summed E-state index contributed by atoms with van der Waals surface area (Å²) in [5, 5.41) is 0. The van der Waals surface area contributed by atoms with E-state index in [0.717, 1.165) is 17.7 Å². The predicted molar refractivity (Wildman–Crippen MR) is 97.1 cm³/mol. The van der Waals surface area contributed by atoms with Crippen LogP contribution in [-0.4, -0.2) is 21.5 Å². The summed E-state index contributed by atoms with van der Waals surface area (Å²) in [5.41, 5.74) is 1.55. The van der Waals surface area contributed by atoms with Crippen molar-refractivity contribution < 1.29 is 22.8 Å². The number of benzene rings is 2. The van der Waals surface area contributed by atoms with Crippen molar-refractivity contribution >= 4 is 17.6 Å². The first-order chi connectivity index (χ1) is 13.4. The zero-order valence-corrected chi connectivity index (χ0v) is 14.6. The molecule has 3 aromatic rings. The molecule has 28 heavy (non-hydrogen) atoms. The monoisotopic (exact) mass is 384 g/mol. The second-order valence-electron chi connectivity index (χ2n) is 6.14. The lowest BCUT2D eigenvalue weighted by Crippen LogP contribution is -2.08. The van der Waals surface area contributed by atoms with E-state index in [0.29, 0.717) is 5.56 Å². The van der Waals surface area contributed by atoms with Crippen LogP contribution in [0.1, 0.15) is 27.3 Å². The molecule has 0 aliphatic heterocycles. The van der Waals surface area contributed by atoms with Crippen molar-refractivity contribution in [2.45, 2.75) is 12.8 Å². The Morgan fingerprint density at radius 2 is 1.61 bits per heavy atom. The second kappa shape index (κ2) is 8.47. The van der Waals surface area contributed by atoms with E-state index >= 15 is 0 Å². The molecule has 0 radical (unpaired) electrons. The van der Waals surface area contributed by atoms with Crippen molar-refractivity contribution in [3.05, 3.63) is 94.8 Å². The van der Waals surface area contributed by atoms with Gasteiger partial charge in [0.15, 0.2) is 23.3 Å². The molecule has 142 valence electrons. The van der Waals surface area contributed by atoms with Crippen LogP contribution in [0.2, 0.25) is 0 Å². The third-order valence-corrected chi connectivity index (χ3v) is 3.98. The Bertz CT molecular complexity index is 1000. The van der Waals surface area contributed by atoms with Crippen molar-refractivity contribution in [1.82, 2.24) is 9.97 Å². The molecule has 1 heterocycles. The molecule has 0 spiro atoms. The van der Waals surface area contributed by atoms with Crippen LogP contribution in [0.25, 0.3) is 6.08 Å². The van der Waals surface area contributed by atoms with Gasteiger partial charge in [-0.2, -0.15) is 0 Å². The topological polar surface area (TPSA) is 62.8 Å². The fourth-order valence-corrected chi connectivity index (χ4v) is 2.63. The van der Waals surface area contributed by atoms with Gasteiger partial charge >= 0.3 is 0 Å². The van der Waals surface area contributed by atoms with Crippen LogP contribution in [-0.2, 0) is 17.6 Å². The Labute approximate surface area is 158 Å². The van der Waals surface area contributed by atoms with E-state index < -0.39 is 17.5 Å². The summed E-state index contributed by atoms with van der Waals surface area (Å²) in [6.45, 7) is 0. The Kier molecular flexibility index (Phi) is 5.84. The summed E-state index contributed by atoms with van der Waals surface area (Å²) in [4.78, 5) is 30.5. The van der Waals surface area contributed by atoms with Crippen LogP contribution in [0.4, 0.5) is 13.2 Å². The molecule has 0 aliphatic carbocycles. The molecular formula is C21H15F3N2O2. The molecule has 0 unspecified atom stereocenters. The first-order valence-electron chi connectivity index (χ1n) is 8.38. The highest BCUT2D eigenvalue weighted by atomic mass is 19.2. The third-order valence-electron chi connectivity index (χ3n) is 3.98. The van der Waals surface area contributed by atoms with Crippen LogP contribution in [0.5, 0.6) is 0 Å². The molecule has 2 aromatic carbocycles. The van der Waals surface area contributed by atoms with E-state index in [-0.39, 0.29) is 35.8 Å². The maximum absolute atomic E-state index is 13.2. The second-order valence-corrected chi connectivity index (χ2v) is 6.14. The summed E-state index contributed by atoms with van der Waals surface area (Å²) in [6.07, 6.45) is 5.92. The van der Waals surface area contributed by atoms with E-state index in [1.807, 2.05) is 0 Å². The van der Waals surface area contributed by atoms with Crippen LogP contribution in [0.3, 0.4) is 0 Å². The minimum Gasteiger partial charge on any atom is -0.342 e. The highest BCUT2D eigenvalue weighted by Crippen LogP contribution is 2.15. The lowest BCUT2D eigenvalue weighted by atomic mass is 10.0. The number of imidazole rings is 1. The van der Waals surface area contributed by atoms with Crippen molar-refractivity contribution in [1.29, 1.82) is 0 Å². The average Bonchev–Trinajstić information content (AvgIpc) is 3.20. The van der Waals surface area contributed by atoms with Gasteiger partial charge in [0.1, 0.15) is 5.78 Å².